The lowest BCUT2D eigenvalue weighted by atomic mass is 9.97. The normalized spacial score (nSPS) is 20.7. The van der Waals surface area contributed by atoms with Crippen LogP contribution in [-0.4, -0.2) is 78.1 Å². The first-order chi connectivity index (χ1) is 16.4. The quantitative estimate of drug-likeness (QED) is 0.543. The van der Waals surface area contributed by atoms with E-state index < -0.39 is 12.0 Å². The average Bonchev–Trinajstić information content (AvgIpc) is 3.15. The number of benzene rings is 1. The Balaban J connectivity index is 1.45. The van der Waals surface area contributed by atoms with Crippen molar-refractivity contribution in [2.24, 2.45) is 0 Å². The van der Waals surface area contributed by atoms with Gasteiger partial charge in [-0.05, 0) is 30.0 Å². The van der Waals surface area contributed by atoms with Crippen molar-refractivity contribution in [1.82, 2.24) is 25.5 Å². The highest BCUT2D eigenvalue weighted by Crippen LogP contribution is 2.42. The van der Waals surface area contributed by atoms with Crippen molar-refractivity contribution in [3.8, 4) is 0 Å². The van der Waals surface area contributed by atoms with Gasteiger partial charge in [0.25, 0.3) is 0 Å². The van der Waals surface area contributed by atoms with Crippen molar-refractivity contribution >= 4 is 29.2 Å². The SMILES string of the molecule is CNC(=O)CNC[C@@H](C(=O)N1CCN(c2ncnc3c2[C@H](C)C[C@H]3O)CC1)c1ccc(Cl)cc1. The highest BCUT2D eigenvalue weighted by atomic mass is 35.5. The van der Waals surface area contributed by atoms with Gasteiger partial charge in [0.05, 0.1) is 24.3 Å². The van der Waals surface area contributed by atoms with Gasteiger partial charge in [0.2, 0.25) is 11.8 Å². The molecule has 1 aliphatic carbocycles. The molecule has 3 N–H and O–H groups in total. The zero-order valence-corrected chi connectivity index (χ0v) is 20.3. The van der Waals surface area contributed by atoms with Crippen molar-refractivity contribution in [2.45, 2.75) is 31.3 Å². The molecule has 0 bridgehead atoms. The van der Waals surface area contributed by atoms with Crippen LogP contribution in [0.15, 0.2) is 30.6 Å². The molecule has 0 spiro atoms. The lowest BCUT2D eigenvalue weighted by molar-refractivity contribution is -0.133. The van der Waals surface area contributed by atoms with Crippen molar-refractivity contribution in [3.63, 3.8) is 0 Å². The molecule has 34 heavy (non-hydrogen) atoms. The van der Waals surface area contributed by atoms with Gasteiger partial charge in [-0.3, -0.25) is 9.59 Å². The number of hydrogen-bond acceptors (Lipinski definition) is 7. The standard InChI is InChI=1S/C24H31ClN6O3/c1-15-11-19(32)22-21(15)23(29-14-28-22)30-7-9-31(10-8-30)24(34)18(12-27-13-20(33)26-2)16-3-5-17(25)6-4-16/h3-6,14-15,18-19,27,32H,7-13H2,1-2H3,(H,26,33)/t15-,18-,19-/m1/s1. The van der Waals surface area contributed by atoms with Crippen LogP contribution in [-0.2, 0) is 9.59 Å². The number of anilines is 1. The molecular formula is C24H31ClN6O3. The summed E-state index contributed by atoms with van der Waals surface area (Å²) < 4.78 is 0. The molecular weight excluding hydrogens is 456 g/mol. The molecule has 10 heteroatoms. The maximum absolute atomic E-state index is 13.5. The molecule has 182 valence electrons. The number of carbonyl (C=O) groups is 2. The molecule has 2 heterocycles. The van der Waals surface area contributed by atoms with Gasteiger partial charge in [-0.1, -0.05) is 30.7 Å². The van der Waals surface area contributed by atoms with Gasteiger partial charge in [-0.2, -0.15) is 0 Å². The monoisotopic (exact) mass is 486 g/mol. The number of piperazine rings is 1. The molecule has 2 aromatic rings. The summed E-state index contributed by atoms with van der Waals surface area (Å²) in [5.41, 5.74) is 2.60. The van der Waals surface area contributed by atoms with E-state index in [-0.39, 0.29) is 24.3 Å². The molecule has 1 aromatic carbocycles. The predicted octanol–water partition coefficient (Wildman–Crippen LogP) is 1.44. The minimum atomic E-state index is -0.544. The highest BCUT2D eigenvalue weighted by molar-refractivity contribution is 6.30. The van der Waals surface area contributed by atoms with Gasteiger partial charge in [0, 0.05) is 50.4 Å². The number of likely N-dealkylation sites (N-methyl/N-ethyl adjacent to an activating group) is 1. The van der Waals surface area contributed by atoms with Crippen LogP contribution in [0, 0.1) is 0 Å². The van der Waals surface area contributed by atoms with Crippen molar-refractivity contribution in [2.75, 3.05) is 51.2 Å². The van der Waals surface area contributed by atoms with Crippen molar-refractivity contribution in [1.29, 1.82) is 0 Å². The summed E-state index contributed by atoms with van der Waals surface area (Å²) in [5, 5.41) is 16.6. The number of carbonyl (C=O) groups excluding carboxylic acids is 2. The van der Waals surface area contributed by atoms with Crippen LogP contribution in [0.25, 0.3) is 0 Å². The summed E-state index contributed by atoms with van der Waals surface area (Å²) in [6.45, 7) is 5.01. The first-order valence-corrected chi connectivity index (χ1v) is 12.0. The largest absolute Gasteiger partial charge is 0.387 e. The van der Waals surface area contributed by atoms with Crippen LogP contribution in [0.5, 0.6) is 0 Å². The van der Waals surface area contributed by atoms with Gasteiger partial charge >= 0.3 is 0 Å². The van der Waals surface area contributed by atoms with Gasteiger partial charge in [-0.25, -0.2) is 9.97 Å². The maximum atomic E-state index is 13.5. The third-order valence-electron chi connectivity index (χ3n) is 6.65. The number of aliphatic hydroxyl groups excluding tert-OH is 1. The van der Waals surface area contributed by atoms with Crippen LogP contribution in [0.4, 0.5) is 5.82 Å². The number of aliphatic hydroxyl groups is 1. The van der Waals surface area contributed by atoms with Crippen LogP contribution < -0.4 is 15.5 Å². The summed E-state index contributed by atoms with van der Waals surface area (Å²) in [6.07, 6.45) is 1.63. The van der Waals surface area contributed by atoms with E-state index >= 15 is 0 Å². The van der Waals surface area contributed by atoms with Gasteiger partial charge in [-0.15, -0.1) is 0 Å². The minimum absolute atomic E-state index is 0.0167. The van der Waals surface area contributed by atoms with E-state index in [4.69, 9.17) is 11.6 Å². The van der Waals surface area contributed by atoms with E-state index in [0.717, 1.165) is 22.6 Å². The van der Waals surface area contributed by atoms with Gasteiger partial charge < -0.3 is 25.5 Å². The molecule has 0 saturated carbocycles. The van der Waals surface area contributed by atoms with Crippen molar-refractivity contribution < 1.29 is 14.7 Å². The average molecular weight is 487 g/mol. The molecule has 1 aromatic heterocycles. The Morgan fingerprint density at radius 2 is 1.88 bits per heavy atom. The molecule has 2 amide bonds. The second-order valence-corrected chi connectivity index (χ2v) is 9.31. The molecule has 1 saturated heterocycles. The molecule has 9 nitrogen and oxygen atoms in total. The number of fused-ring (bicyclic) bond motifs is 1. The number of hydrogen-bond donors (Lipinski definition) is 3. The Bertz CT molecular complexity index is 1030. The van der Waals surface area contributed by atoms with Crippen LogP contribution in [0.3, 0.4) is 0 Å². The summed E-state index contributed by atoms with van der Waals surface area (Å²) >= 11 is 6.05. The van der Waals surface area contributed by atoms with Crippen LogP contribution >= 0.6 is 11.6 Å². The number of amides is 2. The van der Waals surface area contributed by atoms with E-state index in [9.17, 15) is 14.7 Å². The van der Waals surface area contributed by atoms with E-state index in [1.165, 1.54) is 6.33 Å². The van der Waals surface area contributed by atoms with E-state index in [1.54, 1.807) is 19.2 Å². The molecule has 3 atom stereocenters. The molecule has 1 fully saturated rings. The Labute approximate surface area is 204 Å². The lowest BCUT2D eigenvalue weighted by Crippen LogP contribution is -2.51. The third kappa shape index (κ3) is 5.16. The summed E-state index contributed by atoms with van der Waals surface area (Å²) in [5.74, 6) is 0.520. The Kier molecular flexibility index (Phi) is 7.65. The minimum Gasteiger partial charge on any atom is -0.387 e. The summed E-state index contributed by atoms with van der Waals surface area (Å²) in [4.78, 5) is 38.0. The fourth-order valence-electron chi connectivity index (χ4n) is 4.77. The number of nitrogens with one attached hydrogen (secondary N) is 2. The van der Waals surface area contributed by atoms with E-state index in [0.29, 0.717) is 44.2 Å². The molecule has 0 unspecified atom stereocenters. The Morgan fingerprint density at radius 1 is 1.18 bits per heavy atom. The maximum Gasteiger partial charge on any atom is 0.233 e. The predicted molar refractivity (Wildman–Crippen MR) is 130 cm³/mol. The van der Waals surface area contributed by atoms with Crippen LogP contribution in [0.1, 0.15) is 48.1 Å². The summed E-state index contributed by atoms with van der Waals surface area (Å²) in [6, 6.07) is 7.28. The van der Waals surface area contributed by atoms with Crippen molar-refractivity contribution in [3.05, 3.63) is 52.4 Å². The zero-order valence-electron chi connectivity index (χ0n) is 19.5. The third-order valence-corrected chi connectivity index (χ3v) is 6.91. The first-order valence-electron chi connectivity index (χ1n) is 11.6. The van der Waals surface area contributed by atoms with E-state index in [2.05, 4.69) is 32.4 Å². The fourth-order valence-corrected chi connectivity index (χ4v) is 4.90. The Hall–Kier alpha value is -2.75. The lowest BCUT2D eigenvalue weighted by Gasteiger charge is -2.38. The fraction of sp³-hybridized carbons (Fsp3) is 0.500. The first kappa shape index (κ1) is 24.4. The molecule has 2 aliphatic rings. The number of nitrogens with zero attached hydrogens (tertiary/aromatic N) is 4. The summed E-state index contributed by atoms with van der Waals surface area (Å²) in [7, 11) is 1.58. The second-order valence-electron chi connectivity index (χ2n) is 8.87. The second kappa shape index (κ2) is 10.7. The topological polar surface area (TPSA) is 111 Å². The molecule has 4 rings (SSSR count). The van der Waals surface area contributed by atoms with E-state index in [1.807, 2.05) is 17.0 Å². The van der Waals surface area contributed by atoms with Crippen LogP contribution in [0.2, 0.25) is 5.02 Å². The highest BCUT2D eigenvalue weighted by Gasteiger charge is 2.35. The Morgan fingerprint density at radius 3 is 2.56 bits per heavy atom. The molecule has 1 aliphatic heterocycles. The van der Waals surface area contributed by atoms with Gasteiger partial charge in [0.15, 0.2) is 0 Å². The smallest absolute Gasteiger partial charge is 0.233 e. The zero-order chi connectivity index (χ0) is 24.2. The molecule has 0 radical (unpaired) electrons. The number of rotatable bonds is 7. The van der Waals surface area contributed by atoms with Gasteiger partial charge in [0.1, 0.15) is 12.1 Å². The number of halogens is 1. The number of aromatic nitrogens is 2.